The molecule has 20 heavy (non-hydrogen) atoms. The third-order valence-corrected chi connectivity index (χ3v) is 3.69. The van der Waals surface area contributed by atoms with Crippen molar-refractivity contribution >= 4 is 22.1 Å². The molecule has 0 aliphatic heterocycles. The standard InChI is InChI=1S/C13H14N2O4S/c1-10(15-20(18,19)9-8-14)12-5-2-11(3-6-12)4-7-13(16)17/h2-7,10,15H,9H2,1H3,(H,16,17). The summed E-state index contributed by atoms with van der Waals surface area (Å²) in [5.41, 5.74) is 1.42. The summed E-state index contributed by atoms with van der Waals surface area (Å²) in [6.07, 6.45) is 2.46. The maximum Gasteiger partial charge on any atom is 0.328 e. The average Bonchev–Trinajstić information content (AvgIpc) is 2.36. The molecule has 0 aromatic heterocycles. The van der Waals surface area contributed by atoms with Crippen molar-refractivity contribution < 1.29 is 18.3 Å². The van der Waals surface area contributed by atoms with Crippen LogP contribution in [0.25, 0.3) is 6.08 Å². The minimum absolute atomic E-state index is 0.467. The van der Waals surface area contributed by atoms with E-state index in [2.05, 4.69) is 4.72 Å². The van der Waals surface area contributed by atoms with E-state index in [0.29, 0.717) is 5.56 Å². The predicted octanol–water partition coefficient (Wildman–Crippen LogP) is 1.29. The van der Waals surface area contributed by atoms with Gasteiger partial charge in [-0.3, -0.25) is 0 Å². The monoisotopic (exact) mass is 294 g/mol. The van der Waals surface area contributed by atoms with Gasteiger partial charge in [0.2, 0.25) is 10.0 Å². The highest BCUT2D eigenvalue weighted by Gasteiger charge is 2.15. The molecule has 1 atom stereocenters. The summed E-state index contributed by atoms with van der Waals surface area (Å²) in [7, 11) is -3.61. The number of carbonyl (C=O) groups is 1. The summed E-state index contributed by atoms with van der Waals surface area (Å²) in [6.45, 7) is 1.66. The summed E-state index contributed by atoms with van der Waals surface area (Å²) < 4.78 is 25.3. The van der Waals surface area contributed by atoms with Gasteiger partial charge in [0.25, 0.3) is 0 Å². The van der Waals surface area contributed by atoms with E-state index in [1.165, 1.54) is 6.08 Å². The van der Waals surface area contributed by atoms with E-state index in [0.717, 1.165) is 11.6 Å². The van der Waals surface area contributed by atoms with Crippen molar-refractivity contribution in [1.29, 1.82) is 5.26 Å². The second-order valence-electron chi connectivity index (χ2n) is 4.09. The van der Waals surface area contributed by atoms with Gasteiger partial charge in [-0.05, 0) is 24.1 Å². The third-order valence-electron chi connectivity index (χ3n) is 2.47. The van der Waals surface area contributed by atoms with Gasteiger partial charge in [-0.2, -0.15) is 5.26 Å². The Hall–Kier alpha value is -2.17. The quantitative estimate of drug-likeness (QED) is 0.769. The zero-order valence-corrected chi connectivity index (χ0v) is 11.6. The highest BCUT2D eigenvalue weighted by molar-refractivity contribution is 7.89. The number of carboxylic acids is 1. The van der Waals surface area contributed by atoms with Crippen LogP contribution in [0.4, 0.5) is 0 Å². The molecule has 1 unspecified atom stereocenters. The van der Waals surface area contributed by atoms with E-state index >= 15 is 0 Å². The molecule has 0 saturated carbocycles. The second kappa shape index (κ2) is 6.84. The smallest absolute Gasteiger partial charge is 0.328 e. The summed E-state index contributed by atoms with van der Waals surface area (Å²) in [5.74, 6) is -1.62. The van der Waals surface area contributed by atoms with Gasteiger partial charge in [0.05, 0.1) is 6.07 Å². The van der Waals surface area contributed by atoms with E-state index in [4.69, 9.17) is 10.4 Å². The van der Waals surface area contributed by atoms with Crippen LogP contribution in [0.1, 0.15) is 24.1 Å². The third kappa shape index (κ3) is 5.22. The maximum absolute atomic E-state index is 11.4. The van der Waals surface area contributed by atoms with Gasteiger partial charge in [0.1, 0.15) is 0 Å². The highest BCUT2D eigenvalue weighted by atomic mass is 32.2. The zero-order chi connectivity index (χ0) is 15.2. The molecule has 7 heteroatoms. The van der Waals surface area contributed by atoms with E-state index in [-0.39, 0.29) is 0 Å². The zero-order valence-electron chi connectivity index (χ0n) is 10.8. The fourth-order valence-electron chi connectivity index (χ4n) is 1.53. The van der Waals surface area contributed by atoms with Gasteiger partial charge >= 0.3 is 5.97 Å². The van der Waals surface area contributed by atoms with Crippen LogP contribution in [-0.4, -0.2) is 25.2 Å². The number of nitrogens with zero attached hydrogens (tertiary/aromatic N) is 1. The average molecular weight is 294 g/mol. The van der Waals surface area contributed by atoms with Crippen LogP contribution in [0, 0.1) is 11.3 Å². The van der Waals surface area contributed by atoms with Gasteiger partial charge in [-0.15, -0.1) is 0 Å². The summed E-state index contributed by atoms with van der Waals surface area (Å²) in [6, 6.07) is 7.88. The van der Waals surface area contributed by atoms with Crippen molar-refractivity contribution in [2.75, 3.05) is 5.75 Å². The largest absolute Gasteiger partial charge is 0.478 e. The summed E-state index contributed by atoms with van der Waals surface area (Å²) in [4.78, 5) is 10.4. The van der Waals surface area contributed by atoms with Crippen LogP contribution in [0.5, 0.6) is 0 Å². The number of rotatable bonds is 6. The Morgan fingerprint density at radius 2 is 2.05 bits per heavy atom. The molecule has 1 aromatic carbocycles. The lowest BCUT2D eigenvalue weighted by atomic mass is 10.1. The van der Waals surface area contributed by atoms with Gasteiger partial charge in [-0.1, -0.05) is 24.3 Å². The maximum atomic E-state index is 11.4. The van der Waals surface area contributed by atoms with Crippen molar-refractivity contribution in [3.63, 3.8) is 0 Å². The Morgan fingerprint density at radius 3 is 2.55 bits per heavy atom. The lowest BCUT2D eigenvalue weighted by Gasteiger charge is -2.13. The molecule has 0 saturated heterocycles. The minimum atomic E-state index is -3.61. The Labute approximate surface area is 117 Å². The molecule has 0 fully saturated rings. The highest BCUT2D eigenvalue weighted by Crippen LogP contribution is 2.15. The molecule has 0 heterocycles. The van der Waals surface area contributed by atoms with Crippen LogP contribution in [-0.2, 0) is 14.8 Å². The molecule has 0 radical (unpaired) electrons. The van der Waals surface area contributed by atoms with Crippen LogP contribution in [0.3, 0.4) is 0 Å². The van der Waals surface area contributed by atoms with Gasteiger partial charge in [-0.25, -0.2) is 17.9 Å². The molecular weight excluding hydrogens is 280 g/mol. The number of benzene rings is 1. The van der Waals surface area contributed by atoms with E-state index in [1.54, 1.807) is 37.3 Å². The molecule has 0 aliphatic rings. The molecule has 0 spiro atoms. The number of sulfonamides is 1. The molecule has 106 valence electrons. The molecule has 2 N–H and O–H groups in total. The first kappa shape index (κ1) is 15.9. The second-order valence-corrected chi connectivity index (χ2v) is 5.85. The molecule has 1 rings (SSSR count). The number of aliphatic carboxylic acids is 1. The van der Waals surface area contributed by atoms with Crippen molar-refractivity contribution in [1.82, 2.24) is 4.72 Å². The van der Waals surface area contributed by atoms with Crippen LogP contribution in [0.15, 0.2) is 30.3 Å². The first-order chi connectivity index (χ1) is 9.34. The fraction of sp³-hybridized carbons (Fsp3) is 0.231. The van der Waals surface area contributed by atoms with E-state index < -0.39 is 27.8 Å². The Morgan fingerprint density at radius 1 is 1.45 bits per heavy atom. The summed E-state index contributed by atoms with van der Waals surface area (Å²) >= 11 is 0. The number of nitrogens with one attached hydrogen (secondary N) is 1. The Balaban J connectivity index is 2.79. The molecule has 1 aromatic rings. The van der Waals surface area contributed by atoms with Crippen molar-refractivity contribution in [3.05, 3.63) is 41.5 Å². The van der Waals surface area contributed by atoms with Crippen LogP contribution < -0.4 is 4.72 Å². The van der Waals surface area contributed by atoms with Gasteiger partial charge < -0.3 is 5.11 Å². The molecule has 0 bridgehead atoms. The Bertz CT molecular complexity index is 642. The van der Waals surface area contributed by atoms with Crippen molar-refractivity contribution in [3.8, 4) is 6.07 Å². The molecule has 0 aliphatic carbocycles. The van der Waals surface area contributed by atoms with E-state index in [9.17, 15) is 13.2 Å². The van der Waals surface area contributed by atoms with Crippen molar-refractivity contribution in [2.24, 2.45) is 0 Å². The van der Waals surface area contributed by atoms with Gasteiger partial charge in [0.15, 0.2) is 5.75 Å². The molecule has 6 nitrogen and oxygen atoms in total. The Kier molecular flexibility index (Phi) is 5.43. The minimum Gasteiger partial charge on any atom is -0.478 e. The molecular formula is C13H14N2O4S. The first-order valence-electron chi connectivity index (χ1n) is 5.72. The first-order valence-corrected chi connectivity index (χ1v) is 7.37. The van der Waals surface area contributed by atoms with Gasteiger partial charge in [0, 0.05) is 12.1 Å². The van der Waals surface area contributed by atoms with Crippen molar-refractivity contribution in [2.45, 2.75) is 13.0 Å². The normalized spacial score (nSPS) is 13.0. The number of carboxylic acid groups (broad SMARTS) is 1. The molecule has 0 amide bonds. The number of hydrogen-bond donors (Lipinski definition) is 2. The fourth-order valence-corrected chi connectivity index (χ4v) is 2.46. The summed E-state index contributed by atoms with van der Waals surface area (Å²) in [5, 5.41) is 16.9. The predicted molar refractivity (Wildman–Crippen MR) is 74.1 cm³/mol. The lowest BCUT2D eigenvalue weighted by Crippen LogP contribution is -2.28. The topological polar surface area (TPSA) is 107 Å². The van der Waals surface area contributed by atoms with E-state index in [1.807, 2.05) is 0 Å². The lowest BCUT2D eigenvalue weighted by molar-refractivity contribution is -0.131. The number of nitriles is 1. The van der Waals surface area contributed by atoms with Crippen LogP contribution >= 0.6 is 0 Å². The number of hydrogen-bond acceptors (Lipinski definition) is 4. The van der Waals surface area contributed by atoms with Crippen LogP contribution in [0.2, 0.25) is 0 Å². The SMILES string of the molecule is CC(NS(=O)(=O)CC#N)c1ccc(C=CC(=O)O)cc1.